The number of carbonyl (C=O) groups is 1. The van der Waals surface area contributed by atoms with Crippen molar-refractivity contribution in [2.24, 2.45) is 0 Å². The van der Waals surface area contributed by atoms with Crippen molar-refractivity contribution in [1.29, 1.82) is 0 Å². The largest absolute Gasteiger partial charge is 0.325 e. The molecule has 0 aliphatic rings. The van der Waals surface area contributed by atoms with Crippen LogP contribution in [-0.4, -0.2) is 26.4 Å². The lowest BCUT2D eigenvalue weighted by molar-refractivity contribution is -0.113. The molecule has 1 aromatic carbocycles. The van der Waals surface area contributed by atoms with E-state index >= 15 is 0 Å². The van der Waals surface area contributed by atoms with E-state index in [1.165, 1.54) is 22.2 Å². The van der Waals surface area contributed by atoms with Gasteiger partial charge in [-0.2, -0.15) is 0 Å². The molecule has 0 unspecified atom stereocenters. The molecule has 0 bridgehead atoms. The predicted molar refractivity (Wildman–Crippen MR) is 118 cm³/mol. The number of aryl methyl sites for hydroxylation is 1. The first-order valence-corrected chi connectivity index (χ1v) is 11.4. The molecule has 28 heavy (non-hydrogen) atoms. The lowest BCUT2D eigenvalue weighted by atomic mass is 10.0. The molecule has 0 aliphatic heterocycles. The highest BCUT2D eigenvalue weighted by molar-refractivity contribution is 7.99. The number of thiophene rings is 1. The van der Waals surface area contributed by atoms with Crippen LogP contribution in [0.2, 0.25) is 0 Å². The molecule has 3 rings (SSSR count). The Kier molecular flexibility index (Phi) is 6.91. The third kappa shape index (κ3) is 5.02. The highest BCUT2D eigenvalue weighted by Crippen LogP contribution is 2.28. The number of hydrogen-bond donors (Lipinski definition) is 1. The van der Waals surface area contributed by atoms with Crippen LogP contribution in [0.25, 0.3) is 11.4 Å². The van der Waals surface area contributed by atoms with Crippen LogP contribution in [0.15, 0.2) is 40.9 Å². The maximum absolute atomic E-state index is 12.4. The number of amides is 1. The standard InChI is InChI=1S/C21H26N4OS2/c1-5-10-25-20(17-11-15(4)27-12-17)23-24-21(25)28-13-19(26)22-18-8-6-16(7-9-18)14(2)3/h6-9,11-12,14H,5,10,13H2,1-4H3,(H,22,26). The Bertz CT molecular complexity index is 928. The number of nitrogens with one attached hydrogen (secondary N) is 1. The number of aromatic nitrogens is 3. The summed E-state index contributed by atoms with van der Waals surface area (Å²) in [5, 5.41) is 14.5. The molecule has 1 amide bonds. The first-order chi connectivity index (χ1) is 13.5. The number of rotatable bonds is 8. The summed E-state index contributed by atoms with van der Waals surface area (Å²) < 4.78 is 2.11. The second-order valence-corrected chi connectivity index (χ2v) is 9.08. The van der Waals surface area contributed by atoms with Crippen molar-refractivity contribution < 1.29 is 4.79 Å². The summed E-state index contributed by atoms with van der Waals surface area (Å²) in [6.07, 6.45) is 0.982. The second kappa shape index (κ2) is 9.39. The van der Waals surface area contributed by atoms with Gasteiger partial charge in [-0.05, 0) is 43.0 Å². The number of anilines is 1. The summed E-state index contributed by atoms with van der Waals surface area (Å²) >= 11 is 3.13. The highest BCUT2D eigenvalue weighted by Gasteiger charge is 2.16. The summed E-state index contributed by atoms with van der Waals surface area (Å²) in [6.45, 7) is 9.36. The first-order valence-electron chi connectivity index (χ1n) is 9.49. The van der Waals surface area contributed by atoms with Gasteiger partial charge in [0.25, 0.3) is 0 Å². The molecule has 5 nitrogen and oxygen atoms in total. The molecule has 0 saturated carbocycles. The molecule has 2 aromatic heterocycles. The summed E-state index contributed by atoms with van der Waals surface area (Å²) in [4.78, 5) is 13.6. The van der Waals surface area contributed by atoms with Crippen LogP contribution in [0.1, 0.15) is 43.6 Å². The fourth-order valence-corrected chi connectivity index (χ4v) is 4.32. The summed E-state index contributed by atoms with van der Waals surface area (Å²) in [5.41, 5.74) is 3.17. The zero-order valence-electron chi connectivity index (χ0n) is 16.7. The summed E-state index contributed by atoms with van der Waals surface area (Å²) in [6, 6.07) is 10.1. The van der Waals surface area contributed by atoms with Gasteiger partial charge in [-0.15, -0.1) is 21.5 Å². The minimum absolute atomic E-state index is 0.0405. The van der Waals surface area contributed by atoms with Gasteiger partial charge in [-0.3, -0.25) is 4.79 Å². The van der Waals surface area contributed by atoms with E-state index in [4.69, 9.17) is 0 Å². The molecule has 0 saturated heterocycles. The molecular weight excluding hydrogens is 388 g/mol. The topological polar surface area (TPSA) is 59.8 Å². The van der Waals surface area contributed by atoms with Crippen molar-refractivity contribution in [1.82, 2.24) is 14.8 Å². The van der Waals surface area contributed by atoms with Gasteiger partial charge in [0.1, 0.15) is 0 Å². The van der Waals surface area contributed by atoms with Crippen LogP contribution >= 0.6 is 23.1 Å². The predicted octanol–water partition coefficient (Wildman–Crippen LogP) is 5.58. The average Bonchev–Trinajstić information content (AvgIpc) is 3.27. The van der Waals surface area contributed by atoms with Gasteiger partial charge < -0.3 is 9.88 Å². The van der Waals surface area contributed by atoms with E-state index in [9.17, 15) is 4.79 Å². The molecule has 0 radical (unpaired) electrons. The van der Waals surface area contributed by atoms with Crippen LogP contribution in [0.3, 0.4) is 0 Å². The van der Waals surface area contributed by atoms with Crippen LogP contribution in [0.4, 0.5) is 5.69 Å². The van der Waals surface area contributed by atoms with Crippen molar-refractivity contribution in [3.63, 3.8) is 0 Å². The fraction of sp³-hybridized carbons (Fsp3) is 0.381. The van der Waals surface area contributed by atoms with Crippen molar-refractivity contribution in [3.8, 4) is 11.4 Å². The first kappa shape index (κ1) is 20.6. The molecule has 148 valence electrons. The Hall–Kier alpha value is -2.12. The van der Waals surface area contributed by atoms with Crippen LogP contribution in [0.5, 0.6) is 0 Å². The van der Waals surface area contributed by atoms with E-state index in [0.29, 0.717) is 11.7 Å². The molecule has 0 spiro atoms. The molecule has 2 heterocycles. The second-order valence-electron chi connectivity index (χ2n) is 7.02. The van der Waals surface area contributed by atoms with Gasteiger partial charge in [0.05, 0.1) is 5.75 Å². The van der Waals surface area contributed by atoms with Crippen molar-refractivity contribution in [2.75, 3.05) is 11.1 Å². The highest BCUT2D eigenvalue weighted by atomic mass is 32.2. The molecule has 3 aromatic rings. The number of thioether (sulfide) groups is 1. The normalized spacial score (nSPS) is 11.2. The SMILES string of the molecule is CCCn1c(SCC(=O)Nc2ccc(C(C)C)cc2)nnc1-c1csc(C)c1. The Morgan fingerprint density at radius 1 is 1.25 bits per heavy atom. The number of carbonyl (C=O) groups excluding carboxylic acids is 1. The smallest absolute Gasteiger partial charge is 0.234 e. The van der Waals surface area contributed by atoms with Gasteiger partial charge in [-0.1, -0.05) is 44.7 Å². The Balaban J connectivity index is 1.65. The quantitative estimate of drug-likeness (QED) is 0.489. The van der Waals surface area contributed by atoms with E-state index in [1.54, 1.807) is 11.3 Å². The van der Waals surface area contributed by atoms with Crippen LogP contribution in [0, 0.1) is 6.92 Å². The zero-order valence-corrected chi connectivity index (χ0v) is 18.4. The Labute approximate surface area is 174 Å². The molecule has 1 N–H and O–H groups in total. The average molecular weight is 415 g/mol. The fourth-order valence-electron chi connectivity index (χ4n) is 2.87. The number of hydrogen-bond acceptors (Lipinski definition) is 5. The number of benzene rings is 1. The monoisotopic (exact) mass is 414 g/mol. The van der Waals surface area contributed by atoms with Gasteiger partial charge >= 0.3 is 0 Å². The van der Waals surface area contributed by atoms with E-state index < -0.39 is 0 Å². The third-order valence-corrected chi connectivity index (χ3v) is 6.17. The van der Waals surface area contributed by atoms with Gasteiger partial charge in [0, 0.05) is 28.1 Å². The lowest BCUT2D eigenvalue weighted by Gasteiger charge is -2.09. The summed E-state index contributed by atoms with van der Waals surface area (Å²) in [5.74, 6) is 1.61. The molecule has 7 heteroatoms. The maximum Gasteiger partial charge on any atom is 0.234 e. The van der Waals surface area contributed by atoms with Gasteiger partial charge in [0.2, 0.25) is 5.91 Å². The minimum atomic E-state index is -0.0405. The molecule has 0 aliphatic carbocycles. The lowest BCUT2D eigenvalue weighted by Crippen LogP contribution is -2.14. The number of nitrogens with zero attached hydrogens (tertiary/aromatic N) is 3. The summed E-state index contributed by atoms with van der Waals surface area (Å²) in [7, 11) is 0. The van der Waals surface area contributed by atoms with E-state index in [0.717, 1.165) is 35.2 Å². The van der Waals surface area contributed by atoms with E-state index in [-0.39, 0.29) is 5.91 Å². The zero-order chi connectivity index (χ0) is 20.1. The molecule has 0 atom stereocenters. The minimum Gasteiger partial charge on any atom is -0.325 e. The van der Waals surface area contributed by atoms with E-state index in [2.05, 4.69) is 71.4 Å². The van der Waals surface area contributed by atoms with Gasteiger partial charge in [0.15, 0.2) is 11.0 Å². The molecule has 0 fully saturated rings. The van der Waals surface area contributed by atoms with Crippen LogP contribution in [-0.2, 0) is 11.3 Å². The maximum atomic E-state index is 12.4. The van der Waals surface area contributed by atoms with Crippen molar-refractivity contribution >= 4 is 34.7 Å². The van der Waals surface area contributed by atoms with Gasteiger partial charge in [-0.25, -0.2) is 0 Å². The van der Waals surface area contributed by atoms with Crippen molar-refractivity contribution in [2.45, 2.75) is 51.7 Å². The Morgan fingerprint density at radius 3 is 2.61 bits per heavy atom. The third-order valence-electron chi connectivity index (χ3n) is 4.35. The van der Waals surface area contributed by atoms with E-state index in [1.807, 2.05) is 12.1 Å². The van der Waals surface area contributed by atoms with Crippen LogP contribution < -0.4 is 5.32 Å². The molecular formula is C21H26N4OS2. The Morgan fingerprint density at radius 2 is 2.00 bits per heavy atom. The van der Waals surface area contributed by atoms with Crippen molar-refractivity contribution in [3.05, 3.63) is 46.2 Å².